The van der Waals surface area contributed by atoms with E-state index in [2.05, 4.69) is 60.5 Å². The number of methoxy groups -OCH3 is 1. The zero-order valence-corrected chi connectivity index (χ0v) is 18.0. The maximum Gasteiger partial charge on any atom is 0.220 e. The van der Waals surface area contributed by atoms with Crippen LogP contribution in [-0.2, 0) is 17.8 Å². The van der Waals surface area contributed by atoms with Crippen molar-refractivity contribution in [2.45, 2.75) is 58.0 Å². The number of carbonyl (C=O) groups excluding carboxylic acids is 1. The maximum atomic E-state index is 12.4. The predicted molar refractivity (Wildman–Crippen MR) is 118 cm³/mol. The number of piperidine rings is 1. The highest BCUT2D eigenvalue weighted by molar-refractivity contribution is 5.76. The van der Waals surface area contributed by atoms with Gasteiger partial charge in [-0.2, -0.15) is 0 Å². The van der Waals surface area contributed by atoms with Crippen LogP contribution in [0.25, 0.3) is 0 Å². The van der Waals surface area contributed by atoms with Gasteiger partial charge in [-0.25, -0.2) is 0 Å². The molecular weight excluding hydrogens is 360 g/mol. The lowest BCUT2D eigenvalue weighted by Gasteiger charge is -2.32. The third-order valence-electron chi connectivity index (χ3n) is 5.83. The highest BCUT2D eigenvalue weighted by Gasteiger charge is 2.21. The number of aryl methyl sites for hydroxylation is 1. The molecule has 1 aliphatic rings. The third-order valence-corrected chi connectivity index (χ3v) is 5.83. The molecule has 156 valence electrons. The van der Waals surface area contributed by atoms with Gasteiger partial charge in [0.15, 0.2) is 0 Å². The van der Waals surface area contributed by atoms with Crippen molar-refractivity contribution in [3.05, 3.63) is 65.2 Å². The summed E-state index contributed by atoms with van der Waals surface area (Å²) in [5.74, 6) is 1.66. The topological polar surface area (TPSA) is 41.6 Å². The van der Waals surface area contributed by atoms with Crippen LogP contribution in [0.4, 0.5) is 0 Å². The molecule has 0 spiro atoms. The van der Waals surface area contributed by atoms with Crippen LogP contribution >= 0.6 is 0 Å². The van der Waals surface area contributed by atoms with Gasteiger partial charge in [0, 0.05) is 37.7 Å². The van der Waals surface area contributed by atoms with Gasteiger partial charge in [-0.1, -0.05) is 56.3 Å². The molecule has 1 heterocycles. The van der Waals surface area contributed by atoms with E-state index in [1.165, 1.54) is 16.7 Å². The van der Waals surface area contributed by atoms with E-state index in [1.807, 2.05) is 12.1 Å². The van der Waals surface area contributed by atoms with Crippen LogP contribution in [0.15, 0.2) is 48.5 Å². The fraction of sp³-hybridized carbons (Fsp3) is 0.480. The summed E-state index contributed by atoms with van der Waals surface area (Å²) in [6, 6.07) is 17.1. The Morgan fingerprint density at radius 1 is 1.10 bits per heavy atom. The Kier molecular flexibility index (Phi) is 7.70. The second kappa shape index (κ2) is 10.4. The highest BCUT2D eigenvalue weighted by atomic mass is 16.5. The van der Waals surface area contributed by atoms with E-state index in [-0.39, 0.29) is 5.91 Å². The molecule has 0 atom stereocenters. The van der Waals surface area contributed by atoms with Crippen LogP contribution in [0.1, 0.15) is 55.7 Å². The predicted octanol–water partition coefficient (Wildman–Crippen LogP) is 4.53. The van der Waals surface area contributed by atoms with Gasteiger partial charge in [-0.15, -0.1) is 0 Å². The van der Waals surface area contributed by atoms with Gasteiger partial charge in [0.25, 0.3) is 0 Å². The van der Waals surface area contributed by atoms with Crippen molar-refractivity contribution in [1.29, 1.82) is 0 Å². The summed E-state index contributed by atoms with van der Waals surface area (Å²) in [4.78, 5) is 14.8. The summed E-state index contributed by atoms with van der Waals surface area (Å²) in [6.45, 7) is 7.30. The summed E-state index contributed by atoms with van der Waals surface area (Å²) < 4.78 is 5.46. The van der Waals surface area contributed by atoms with Crippen LogP contribution in [0, 0.1) is 0 Å². The first kappa shape index (κ1) is 21.4. The molecule has 1 fully saturated rings. The number of rotatable bonds is 8. The summed E-state index contributed by atoms with van der Waals surface area (Å²) in [7, 11) is 1.72. The molecule has 29 heavy (non-hydrogen) atoms. The zero-order valence-electron chi connectivity index (χ0n) is 18.0. The van der Waals surface area contributed by atoms with Crippen molar-refractivity contribution in [2.24, 2.45) is 0 Å². The first-order chi connectivity index (χ1) is 14.0. The number of carbonyl (C=O) groups is 1. The van der Waals surface area contributed by atoms with Crippen LogP contribution in [0.5, 0.6) is 5.75 Å². The number of nitrogens with one attached hydrogen (secondary N) is 1. The van der Waals surface area contributed by atoms with E-state index < -0.39 is 0 Å². The number of hydrogen-bond acceptors (Lipinski definition) is 3. The fourth-order valence-corrected chi connectivity index (χ4v) is 3.94. The van der Waals surface area contributed by atoms with Gasteiger partial charge in [-0.3, -0.25) is 9.69 Å². The summed E-state index contributed by atoms with van der Waals surface area (Å²) in [5, 5.41) is 3.24. The van der Waals surface area contributed by atoms with Crippen molar-refractivity contribution >= 4 is 5.91 Å². The molecule has 0 aliphatic carbocycles. The Hall–Kier alpha value is -2.33. The summed E-state index contributed by atoms with van der Waals surface area (Å²) in [5.41, 5.74) is 3.80. The first-order valence-electron chi connectivity index (χ1n) is 10.8. The lowest BCUT2D eigenvalue weighted by atomic mass is 10.00. The summed E-state index contributed by atoms with van der Waals surface area (Å²) >= 11 is 0. The van der Waals surface area contributed by atoms with Crippen LogP contribution < -0.4 is 10.1 Å². The largest absolute Gasteiger partial charge is 0.496 e. The minimum atomic E-state index is 0.168. The minimum Gasteiger partial charge on any atom is -0.496 e. The molecule has 0 radical (unpaired) electrons. The Labute approximate surface area is 175 Å². The van der Waals surface area contributed by atoms with Crippen molar-refractivity contribution < 1.29 is 9.53 Å². The fourth-order valence-electron chi connectivity index (χ4n) is 3.94. The molecule has 1 aliphatic heterocycles. The molecule has 2 aromatic carbocycles. The molecule has 0 aromatic heterocycles. The molecule has 4 nitrogen and oxygen atoms in total. The van der Waals surface area contributed by atoms with Crippen molar-refractivity contribution in [1.82, 2.24) is 10.2 Å². The van der Waals surface area contributed by atoms with Crippen LogP contribution in [0.3, 0.4) is 0 Å². The SMILES string of the molecule is COc1ccccc1CN1CCC(NC(=O)CCc2ccc(C(C)C)cc2)CC1. The van der Waals surface area contributed by atoms with Gasteiger partial charge >= 0.3 is 0 Å². The third kappa shape index (κ3) is 6.33. The number of para-hydroxylation sites is 1. The van der Waals surface area contributed by atoms with Gasteiger partial charge < -0.3 is 10.1 Å². The van der Waals surface area contributed by atoms with Crippen LogP contribution in [0.2, 0.25) is 0 Å². The minimum absolute atomic E-state index is 0.168. The molecule has 0 unspecified atom stereocenters. The monoisotopic (exact) mass is 394 g/mol. The van der Waals surface area contributed by atoms with Crippen molar-refractivity contribution in [2.75, 3.05) is 20.2 Å². The molecule has 3 rings (SSSR count). The Morgan fingerprint density at radius 2 is 1.79 bits per heavy atom. The van der Waals surface area contributed by atoms with Gasteiger partial charge in [0.1, 0.15) is 5.75 Å². The van der Waals surface area contributed by atoms with E-state index in [0.29, 0.717) is 18.4 Å². The molecule has 0 saturated carbocycles. The smallest absolute Gasteiger partial charge is 0.220 e. The number of amides is 1. The lowest BCUT2D eigenvalue weighted by molar-refractivity contribution is -0.122. The second-order valence-corrected chi connectivity index (χ2v) is 8.33. The normalized spacial score (nSPS) is 15.4. The van der Waals surface area contributed by atoms with Gasteiger partial charge in [0.2, 0.25) is 5.91 Å². The zero-order chi connectivity index (χ0) is 20.6. The van der Waals surface area contributed by atoms with Crippen LogP contribution in [-0.4, -0.2) is 37.0 Å². The standard InChI is InChI=1S/C25H34N2O2/c1-19(2)21-11-8-20(9-12-21)10-13-25(28)26-23-14-16-27(17-15-23)18-22-6-4-5-7-24(22)29-3/h4-9,11-12,19,23H,10,13-18H2,1-3H3,(H,26,28). The second-order valence-electron chi connectivity index (χ2n) is 8.33. The molecule has 1 amide bonds. The molecule has 1 N–H and O–H groups in total. The molecule has 4 heteroatoms. The number of hydrogen-bond donors (Lipinski definition) is 1. The molecule has 0 bridgehead atoms. The van der Waals surface area contributed by atoms with E-state index >= 15 is 0 Å². The number of likely N-dealkylation sites (tertiary alicyclic amines) is 1. The summed E-state index contributed by atoms with van der Waals surface area (Å²) in [6.07, 6.45) is 3.37. The van der Waals surface area contributed by atoms with Gasteiger partial charge in [-0.05, 0) is 42.4 Å². The van der Waals surface area contributed by atoms with Crippen molar-refractivity contribution in [3.8, 4) is 5.75 Å². The van der Waals surface area contributed by atoms with E-state index in [1.54, 1.807) is 7.11 Å². The highest BCUT2D eigenvalue weighted by Crippen LogP contribution is 2.21. The Bertz CT molecular complexity index is 778. The van der Waals surface area contributed by atoms with Crippen molar-refractivity contribution in [3.63, 3.8) is 0 Å². The Morgan fingerprint density at radius 3 is 2.45 bits per heavy atom. The van der Waals surface area contributed by atoms with E-state index in [4.69, 9.17) is 4.74 Å². The lowest BCUT2D eigenvalue weighted by Crippen LogP contribution is -2.44. The average molecular weight is 395 g/mol. The quantitative estimate of drug-likeness (QED) is 0.715. The first-order valence-corrected chi connectivity index (χ1v) is 10.8. The maximum absolute atomic E-state index is 12.4. The van der Waals surface area contributed by atoms with E-state index in [9.17, 15) is 4.79 Å². The van der Waals surface area contributed by atoms with E-state index in [0.717, 1.165) is 44.6 Å². The van der Waals surface area contributed by atoms with Gasteiger partial charge in [0.05, 0.1) is 7.11 Å². The number of benzene rings is 2. The number of ether oxygens (including phenoxy) is 1. The molecular formula is C25H34N2O2. The number of nitrogens with zero attached hydrogens (tertiary/aromatic N) is 1. The molecule has 1 saturated heterocycles. The average Bonchev–Trinajstić information content (AvgIpc) is 2.74. The molecule has 2 aromatic rings. The Balaban J connectivity index is 1.39.